The highest BCUT2D eigenvalue weighted by atomic mass is 19.4. The molecule has 5 aromatic rings. The molecule has 0 radical (unpaired) electrons. The monoisotopic (exact) mass is 921 g/mol. The second-order valence-corrected chi connectivity index (χ2v) is 21.1. The predicted octanol–water partition coefficient (Wildman–Crippen LogP) is 15.6. The lowest BCUT2D eigenvalue weighted by atomic mass is 9.48. The van der Waals surface area contributed by atoms with E-state index < -0.39 is 22.8 Å². The van der Waals surface area contributed by atoms with Gasteiger partial charge < -0.3 is 20.1 Å². The Balaban J connectivity index is 0.000000149. The first-order chi connectivity index (χ1) is 31.5. The highest BCUT2D eigenvalue weighted by Gasteiger charge is 2.57. The second-order valence-electron chi connectivity index (χ2n) is 21.1. The van der Waals surface area contributed by atoms with Crippen molar-refractivity contribution in [3.8, 4) is 11.5 Å². The number of alkyl halides is 3. The number of hydrogen-bond acceptors (Lipinski definition) is 5. The van der Waals surface area contributed by atoms with E-state index in [0.29, 0.717) is 41.3 Å². The van der Waals surface area contributed by atoms with Gasteiger partial charge in [-0.2, -0.15) is 13.2 Å². The summed E-state index contributed by atoms with van der Waals surface area (Å²) >= 11 is 0. The Hall–Kier alpha value is -4.66. The zero-order valence-corrected chi connectivity index (χ0v) is 41.5. The summed E-state index contributed by atoms with van der Waals surface area (Å²) in [7, 11) is 0. The van der Waals surface area contributed by atoms with Crippen LogP contribution in [0.25, 0.3) is 10.8 Å². The van der Waals surface area contributed by atoms with Crippen molar-refractivity contribution in [3.05, 3.63) is 143 Å². The number of esters is 1. The van der Waals surface area contributed by atoms with Gasteiger partial charge in [0, 0.05) is 0 Å². The van der Waals surface area contributed by atoms with E-state index >= 15 is 0 Å². The number of halogens is 3. The maximum absolute atomic E-state index is 12.6. The summed E-state index contributed by atoms with van der Waals surface area (Å²) in [6.07, 6.45) is 4.65. The number of carbonyl (C=O) groups excluding carboxylic acids is 1. The molecule has 4 saturated carbocycles. The quantitative estimate of drug-likeness (QED) is 0.101. The van der Waals surface area contributed by atoms with Crippen molar-refractivity contribution in [1.82, 2.24) is 0 Å². The number of ether oxygens (including phenoxy) is 1. The van der Waals surface area contributed by atoms with Crippen LogP contribution in [0.5, 0.6) is 11.5 Å². The van der Waals surface area contributed by atoms with E-state index in [0.717, 1.165) is 37.2 Å². The van der Waals surface area contributed by atoms with E-state index in [1.165, 1.54) is 95.8 Å². The van der Waals surface area contributed by atoms with E-state index in [-0.39, 0.29) is 17.3 Å². The second kappa shape index (κ2) is 20.9. The molecule has 4 bridgehead atoms. The Kier molecular flexibility index (Phi) is 16.1. The molecular formula is C59H75F3O5. The average molecular weight is 921 g/mol. The van der Waals surface area contributed by atoms with Crippen molar-refractivity contribution in [2.24, 2.45) is 29.1 Å². The zero-order valence-electron chi connectivity index (χ0n) is 41.5. The van der Waals surface area contributed by atoms with Gasteiger partial charge in [-0.25, -0.2) is 0 Å². The molecule has 0 aliphatic heterocycles. The first-order valence-corrected chi connectivity index (χ1v) is 24.8. The number of carbonyl (C=O) groups is 1. The fraction of sp³-hybridized carbons (Fsp3) is 0.508. The summed E-state index contributed by atoms with van der Waals surface area (Å²) in [6, 6.07) is 34.4. The number of rotatable bonds is 9. The molecule has 0 amide bonds. The van der Waals surface area contributed by atoms with Crippen LogP contribution < -0.4 is 4.74 Å². The van der Waals surface area contributed by atoms with Crippen molar-refractivity contribution >= 4 is 16.7 Å². The Labute approximate surface area is 398 Å². The number of aromatic hydroxyl groups is 1. The van der Waals surface area contributed by atoms with Crippen LogP contribution in [0.15, 0.2) is 109 Å². The molecule has 5 atom stereocenters. The van der Waals surface area contributed by atoms with Crippen molar-refractivity contribution in [3.63, 3.8) is 0 Å². The van der Waals surface area contributed by atoms with Gasteiger partial charge in [0.15, 0.2) is 5.60 Å². The van der Waals surface area contributed by atoms with Crippen LogP contribution in [-0.2, 0) is 16.0 Å². The van der Waals surface area contributed by atoms with Crippen LogP contribution in [-0.4, -0.2) is 27.5 Å². The van der Waals surface area contributed by atoms with E-state index in [1.54, 1.807) is 24.3 Å². The minimum absolute atomic E-state index is 0.128. The Morgan fingerprint density at radius 1 is 0.687 bits per heavy atom. The molecule has 5 aromatic carbocycles. The lowest BCUT2D eigenvalue weighted by Gasteiger charge is -2.59. The molecule has 0 heterocycles. The minimum Gasteiger partial charge on any atom is -0.508 e. The van der Waals surface area contributed by atoms with E-state index in [9.17, 15) is 28.2 Å². The molecule has 0 aromatic heterocycles. The fourth-order valence-corrected chi connectivity index (χ4v) is 10.8. The lowest BCUT2D eigenvalue weighted by Crippen LogP contribution is -2.55. The van der Waals surface area contributed by atoms with Gasteiger partial charge in [0.2, 0.25) is 0 Å². The van der Waals surface area contributed by atoms with Crippen molar-refractivity contribution in [2.45, 2.75) is 162 Å². The molecule has 8 heteroatoms. The predicted molar refractivity (Wildman–Crippen MR) is 265 cm³/mol. The van der Waals surface area contributed by atoms with Gasteiger partial charge in [-0.15, -0.1) is 0 Å². The third-order valence-electron chi connectivity index (χ3n) is 16.3. The van der Waals surface area contributed by atoms with Crippen molar-refractivity contribution in [2.75, 3.05) is 0 Å². The van der Waals surface area contributed by atoms with Crippen LogP contribution in [0, 0.1) is 29.1 Å². The maximum Gasteiger partial charge on any atom is 0.421 e. The number of aliphatic hydroxyl groups is 2. The fourth-order valence-electron chi connectivity index (χ4n) is 10.8. The number of benzene rings is 5. The summed E-state index contributed by atoms with van der Waals surface area (Å²) in [5.74, 6) is 5.49. The summed E-state index contributed by atoms with van der Waals surface area (Å²) in [5, 5.41) is 33.0. The van der Waals surface area contributed by atoms with Crippen LogP contribution in [0.3, 0.4) is 0 Å². The van der Waals surface area contributed by atoms with Crippen molar-refractivity contribution < 1.29 is 38.0 Å². The average Bonchev–Trinajstić information content (AvgIpc) is 3.57. The Morgan fingerprint density at radius 3 is 1.55 bits per heavy atom. The van der Waals surface area contributed by atoms with Gasteiger partial charge in [-0.05, 0) is 188 Å². The van der Waals surface area contributed by atoms with Gasteiger partial charge in [0.05, 0.1) is 11.0 Å². The summed E-state index contributed by atoms with van der Waals surface area (Å²) in [5.41, 5.74) is 2.74. The summed E-state index contributed by atoms with van der Waals surface area (Å²) < 4.78 is 43.0. The minimum atomic E-state index is -4.66. The number of phenolic OH excluding ortho intramolecular Hbond substituents is 1. The van der Waals surface area contributed by atoms with E-state index in [4.69, 9.17) is 9.84 Å². The third-order valence-corrected chi connectivity index (χ3v) is 16.3. The molecule has 5 unspecified atom stereocenters. The van der Waals surface area contributed by atoms with Crippen molar-refractivity contribution in [1.29, 1.82) is 0 Å². The highest BCUT2D eigenvalue weighted by molar-refractivity contribution is 5.92. The molecule has 5 nitrogen and oxygen atoms in total. The first kappa shape index (κ1) is 51.7. The molecule has 0 saturated heterocycles. The van der Waals surface area contributed by atoms with Crippen LogP contribution in [0.4, 0.5) is 13.2 Å². The third kappa shape index (κ3) is 11.1. The Bertz CT molecular complexity index is 2330. The number of phenols is 1. The van der Waals surface area contributed by atoms with Crippen LogP contribution in [0.1, 0.15) is 178 Å². The molecule has 362 valence electrons. The van der Waals surface area contributed by atoms with E-state index in [2.05, 4.69) is 88.4 Å². The standard InChI is InChI=1S/C20H28O.C14H14.C13H17F3O.C12H16O3/c1-3-13(2)16-4-6-17(7-5-16)20(21)18-9-14-8-15(11-18)12-19(20)10-14;1-9-10(2)13-8-4-6-11-5-3-7-12(9)14(11)13;1-4-9(2)10-5-7-11(8-6-10)12(3,17)13(14,15)16;1-4-12(2,3)11(14)15-10-7-5-9(13)6-8-10/h4-7,13-15,18-19,21H,3,8-12H2,1-2H3;3-10H,1-2H3;5-9,17H,4H2,1-3H3;5-8,13H,4H2,1-3H3. The first-order valence-electron chi connectivity index (χ1n) is 24.8. The van der Waals surface area contributed by atoms with Crippen LogP contribution >= 0.6 is 0 Å². The molecule has 3 N–H and O–H groups in total. The highest BCUT2D eigenvalue weighted by Crippen LogP contribution is 2.61. The maximum atomic E-state index is 12.6. The zero-order chi connectivity index (χ0) is 49.1. The molecule has 5 aliphatic carbocycles. The van der Waals surface area contributed by atoms with Crippen LogP contribution in [0.2, 0.25) is 0 Å². The Morgan fingerprint density at radius 2 is 1.13 bits per heavy atom. The van der Waals surface area contributed by atoms with Gasteiger partial charge in [-0.3, -0.25) is 4.79 Å². The summed E-state index contributed by atoms with van der Waals surface area (Å²) in [4.78, 5) is 11.7. The normalized spacial score (nSPS) is 25.3. The molecule has 10 rings (SSSR count). The molecule has 67 heavy (non-hydrogen) atoms. The molecule has 4 fully saturated rings. The van der Waals surface area contributed by atoms with Gasteiger partial charge in [0.25, 0.3) is 0 Å². The van der Waals surface area contributed by atoms with Gasteiger partial charge in [-0.1, -0.05) is 133 Å². The van der Waals surface area contributed by atoms with Gasteiger partial charge >= 0.3 is 12.1 Å². The largest absolute Gasteiger partial charge is 0.508 e. The molecular weight excluding hydrogens is 846 g/mol. The SMILES string of the molecule is CC1c2cccc3cccc(c23)C1C.CCC(C)(C)C(=O)Oc1ccc(O)cc1.CCC(C)c1ccc(C(C)(O)C(F)(F)F)cc1.CCC(C)c1ccc(C2(O)C3CC4CC(C3)CC2C4)cc1. The topological polar surface area (TPSA) is 87.0 Å². The van der Waals surface area contributed by atoms with Gasteiger partial charge in [0.1, 0.15) is 11.5 Å². The smallest absolute Gasteiger partial charge is 0.421 e. The summed E-state index contributed by atoms with van der Waals surface area (Å²) in [6.45, 7) is 19.6. The molecule has 5 aliphatic rings. The number of hydrogen-bond donors (Lipinski definition) is 3. The lowest BCUT2D eigenvalue weighted by molar-refractivity contribution is -0.258. The molecule has 0 spiro atoms. The van der Waals surface area contributed by atoms with E-state index in [1.807, 2.05) is 34.6 Å².